The van der Waals surface area contributed by atoms with Crippen molar-refractivity contribution in [1.82, 2.24) is 5.32 Å². The number of aliphatic hydroxyl groups excluding tert-OH is 2. The zero-order valence-electron chi connectivity index (χ0n) is 15.4. The molecule has 3 N–H and O–H groups in total. The van der Waals surface area contributed by atoms with E-state index in [2.05, 4.69) is 12.2 Å². The Hall–Kier alpha value is -0.610. The average molecular weight is 330 g/mol. The van der Waals surface area contributed by atoms with Crippen LogP contribution in [0.3, 0.4) is 0 Å². The normalized spacial score (nSPS) is 13.7. The van der Waals surface area contributed by atoms with Crippen LogP contribution in [0.4, 0.5) is 0 Å². The predicted octanol–water partition coefficient (Wildman–Crippen LogP) is 3.94. The maximum absolute atomic E-state index is 11.7. The third-order valence-corrected chi connectivity index (χ3v) is 4.37. The number of carbonyl (C=O) groups excluding carboxylic acids is 1. The fraction of sp³-hybridized carbons (Fsp3) is 0.947. The van der Waals surface area contributed by atoms with E-state index in [4.69, 9.17) is 0 Å². The Bertz CT molecular complexity index is 271. The third-order valence-electron chi connectivity index (χ3n) is 4.37. The average Bonchev–Trinajstić information content (AvgIpc) is 2.56. The summed E-state index contributed by atoms with van der Waals surface area (Å²) in [4.78, 5) is 11.7. The molecule has 0 saturated heterocycles. The molecule has 0 bridgehead atoms. The lowest BCUT2D eigenvalue weighted by Gasteiger charge is -2.22. The molecule has 0 aromatic heterocycles. The lowest BCUT2D eigenvalue weighted by atomic mass is 10.0. The molecule has 138 valence electrons. The first-order chi connectivity index (χ1) is 11.2. The second kappa shape index (κ2) is 16.3. The summed E-state index contributed by atoms with van der Waals surface area (Å²) in [7, 11) is 0. The minimum atomic E-state index is -0.643. The molecule has 1 amide bonds. The maximum Gasteiger partial charge on any atom is 0.220 e. The van der Waals surface area contributed by atoms with Crippen LogP contribution in [0, 0.1) is 0 Å². The van der Waals surface area contributed by atoms with Crippen molar-refractivity contribution in [2.75, 3.05) is 6.61 Å². The molecule has 0 rings (SSSR count). The van der Waals surface area contributed by atoms with Crippen molar-refractivity contribution >= 4 is 5.91 Å². The number of unbranched alkanes of at least 4 members (excludes halogenated alkanes) is 9. The van der Waals surface area contributed by atoms with Crippen molar-refractivity contribution < 1.29 is 15.0 Å². The third kappa shape index (κ3) is 13.5. The van der Waals surface area contributed by atoms with Gasteiger partial charge in [0.05, 0.1) is 18.8 Å². The highest BCUT2D eigenvalue weighted by molar-refractivity contribution is 5.76. The number of rotatable bonds is 16. The Labute approximate surface area is 143 Å². The van der Waals surface area contributed by atoms with Crippen LogP contribution in [-0.4, -0.2) is 34.9 Å². The van der Waals surface area contributed by atoms with Crippen molar-refractivity contribution in [2.24, 2.45) is 0 Å². The van der Waals surface area contributed by atoms with E-state index in [0.717, 1.165) is 25.7 Å². The van der Waals surface area contributed by atoms with Gasteiger partial charge in [-0.2, -0.15) is 0 Å². The number of carbonyl (C=O) groups is 1. The van der Waals surface area contributed by atoms with Gasteiger partial charge in [0.2, 0.25) is 5.91 Å². The van der Waals surface area contributed by atoms with E-state index in [1.54, 1.807) is 0 Å². The summed E-state index contributed by atoms with van der Waals surface area (Å²) in [6, 6.07) is -0.520. The highest BCUT2D eigenvalue weighted by Crippen LogP contribution is 2.12. The molecule has 0 aliphatic rings. The minimum Gasteiger partial charge on any atom is -0.394 e. The number of aliphatic hydroxyl groups is 2. The molecule has 0 aromatic rings. The Kier molecular flexibility index (Phi) is 15.8. The van der Waals surface area contributed by atoms with E-state index in [9.17, 15) is 15.0 Å². The van der Waals surface area contributed by atoms with E-state index in [1.165, 1.54) is 44.9 Å². The summed E-state index contributed by atoms with van der Waals surface area (Å²) >= 11 is 0. The van der Waals surface area contributed by atoms with Crippen LogP contribution in [0.5, 0.6) is 0 Å². The molecule has 0 spiro atoms. The first-order valence-electron chi connectivity index (χ1n) is 9.73. The Balaban J connectivity index is 3.64. The molecular formula is C19H39NO3. The van der Waals surface area contributed by atoms with Crippen LogP contribution in [0.1, 0.15) is 97.3 Å². The standard InChI is InChI=1S/C19H39NO3/c1-3-5-7-8-9-10-11-12-13-14-18(22)17(16-21)20-19(23)15-6-4-2/h17-18,21-22H,3-16H2,1-2H3,(H,20,23). The number of amides is 1. The summed E-state index contributed by atoms with van der Waals surface area (Å²) in [6.07, 6.45) is 13.5. The van der Waals surface area contributed by atoms with Gasteiger partial charge in [-0.3, -0.25) is 4.79 Å². The van der Waals surface area contributed by atoms with Gasteiger partial charge in [-0.05, 0) is 12.8 Å². The molecule has 23 heavy (non-hydrogen) atoms. The van der Waals surface area contributed by atoms with Crippen LogP contribution >= 0.6 is 0 Å². The largest absolute Gasteiger partial charge is 0.394 e. The molecule has 0 aromatic carbocycles. The van der Waals surface area contributed by atoms with E-state index in [0.29, 0.717) is 12.8 Å². The van der Waals surface area contributed by atoms with Gasteiger partial charge in [-0.1, -0.05) is 78.1 Å². The van der Waals surface area contributed by atoms with Gasteiger partial charge in [-0.25, -0.2) is 0 Å². The summed E-state index contributed by atoms with van der Waals surface area (Å²) in [5, 5.41) is 22.2. The van der Waals surface area contributed by atoms with Crippen LogP contribution < -0.4 is 5.32 Å². The lowest BCUT2D eigenvalue weighted by Crippen LogP contribution is -2.45. The zero-order valence-corrected chi connectivity index (χ0v) is 15.4. The summed E-state index contributed by atoms with van der Waals surface area (Å²) in [5.74, 6) is -0.0722. The van der Waals surface area contributed by atoms with Crippen molar-refractivity contribution in [2.45, 2.75) is 109 Å². The molecule has 4 nitrogen and oxygen atoms in total. The number of hydrogen-bond donors (Lipinski definition) is 3. The topological polar surface area (TPSA) is 69.6 Å². The summed E-state index contributed by atoms with van der Waals surface area (Å²) in [6.45, 7) is 4.07. The number of hydrogen-bond acceptors (Lipinski definition) is 3. The first-order valence-corrected chi connectivity index (χ1v) is 9.73. The van der Waals surface area contributed by atoms with Crippen molar-refractivity contribution in [3.8, 4) is 0 Å². The van der Waals surface area contributed by atoms with Gasteiger partial charge in [0.15, 0.2) is 0 Å². The Morgan fingerprint density at radius 2 is 1.39 bits per heavy atom. The maximum atomic E-state index is 11.7. The fourth-order valence-electron chi connectivity index (χ4n) is 2.75. The minimum absolute atomic E-state index is 0.0722. The van der Waals surface area contributed by atoms with Gasteiger partial charge in [0.25, 0.3) is 0 Å². The lowest BCUT2D eigenvalue weighted by molar-refractivity contribution is -0.123. The van der Waals surface area contributed by atoms with E-state index < -0.39 is 12.1 Å². The SMILES string of the molecule is CCCCCCCCCCCC(O)C(CO)NC(=O)CCCC. The smallest absolute Gasteiger partial charge is 0.220 e. The van der Waals surface area contributed by atoms with Crippen LogP contribution in [0.25, 0.3) is 0 Å². The van der Waals surface area contributed by atoms with Crippen LogP contribution in [0.2, 0.25) is 0 Å². The fourth-order valence-corrected chi connectivity index (χ4v) is 2.75. The highest BCUT2D eigenvalue weighted by atomic mass is 16.3. The molecule has 0 aliphatic carbocycles. The van der Waals surface area contributed by atoms with Gasteiger partial charge in [-0.15, -0.1) is 0 Å². The predicted molar refractivity (Wildman–Crippen MR) is 96.4 cm³/mol. The molecular weight excluding hydrogens is 290 g/mol. The van der Waals surface area contributed by atoms with Gasteiger partial charge < -0.3 is 15.5 Å². The first kappa shape index (κ1) is 22.4. The Morgan fingerprint density at radius 3 is 1.91 bits per heavy atom. The van der Waals surface area contributed by atoms with Crippen molar-refractivity contribution in [3.63, 3.8) is 0 Å². The second-order valence-electron chi connectivity index (χ2n) is 6.64. The molecule has 0 fully saturated rings. The Morgan fingerprint density at radius 1 is 0.870 bits per heavy atom. The molecule has 2 unspecified atom stereocenters. The van der Waals surface area contributed by atoms with Crippen molar-refractivity contribution in [1.29, 1.82) is 0 Å². The molecule has 0 radical (unpaired) electrons. The molecule has 2 atom stereocenters. The molecule has 4 heteroatoms. The molecule has 0 saturated carbocycles. The van der Waals surface area contributed by atoms with E-state index in [-0.39, 0.29) is 12.5 Å². The number of nitrogens with one attached hydrogen (secondary N) is 1. The zero-order chi connectivity index (χ0) is 17.3. The van der Waals surface area contributed by atoms with Crippen molar-refractivity contribution in [3.05, 3.63) is 0 Å². The van der Waals surface area contributed by atoms with E-state index >= 15 is 0 Å². The van der Waals surface area contributed by atoms with Crippen LogP contribution in [0.15, 0.2) is 0 Å². The van der Waals surface area contributed by atoms with Crippen LogP contribution in [-0.2, 0) is 4.79 Å². The molecule has 0 aliphatic heterocycles. The van der Waals surface area contributed by atoms with Gasteiger partial charge in [0.1, 0.15) is 0 Å². The van der Waals surface area contributed by atoms with Gasteiger partial charge in [0, 0.05) is 6.42 Å². The van der Waals surface area contributed by atoms with Gasteiger partial charge >= 0.3 is 0 Å². The second-order valence-corrected chi connectivity index (χ2v) is 6.64. The highest BCUT2D eigenvalue weighted by Gasteiger charge is 2.19. The molecule has 0 heterocycles. The monoisotopic (exact) mass is 329 g/mol. The summed E-state index contributed by atoms with van der Waals surface area (Å²) in [5.41, 5.74) is 0. The quantitative estimate of drug-likeness (QED) is 0.376. The van der Waals surface area contributed by atoms with E-state index in [1.807, 2.05) is 6.92 Å². The summed E-state index contributed by atoms with van der Waals surface area (Å²) < 4.78 is 0.